The minimum absolute atomic E-state index is 0.152. The lowest BCUT2D eigenvalue weighted by Gasteiger charge is -1.97. The van der Waals surface area contributed by atoms with Crippen LogP contribution in [0.5, 0.6) is 0 Å². The third-order valence-corrected chi connectivity index (χ3v) is 6.10. The predicted molar refractivity (Wildman–Crippen MR) is 65.6 cm³/mol. The molecule has 0 atom stereocenters. The monoisotopic (exact) mass is 318 g/mol. The number of sulfone groups is 1. The van der Waals surface area contributed by atoms with E-state index in [0.717, 1.165) is 18.0 Å². The number of hydrogen-bond donors (Lipinski definition) is 0. The Bertz CT molecular complexity index is 578. The van der Waals surface area contributed by atoms with Crippen molar-refractivity contribution in [3.8, 4) is 0 Å². The molecule has 6 nitrogen and oxygen atoms in total. The number of aromatic nitrogens is 2. The SMILES string of the molecule is CCCc1nsc(S(=O)(=O)CCS(=O)(=O)Cl)n1. The quantitative estimate of drug-likeness (QED) is 0.721. The molecule has 0 bridgehead atoms. The Kier molecular flexibility index (Phi) is 4.87. The fraction of sp³-hybridized carbons (Fsp3) is 0.714. The van der Waals surface area contributed by atoms with Crippen LogP contribution in [0.15, 0.2) is 4.34 Å². The van der Waals surface area contributed by atoms with E-state index in [4.69, 9.17) is 10.7 Å². The van der Waals surface area contributed by atoms with Gasteiger partial charge in [-0.3, -0.25) is 0 Å². The van der Waals surface area contributed by atoms with Crippen LogP contribution in [0.4, 0.5) is 0 Å². The molecule has 0 radical (unpaired) electrons. The summed E-state index contributed by atoms with van der Waals surface area (Å²) in [6, 6.07) is 0. The van der Waals surface area contributed by atoms with Crippen molar-refractivity contribution in [3.63, 3.8) is 0 Å². The van der Waals surface area contributed by atoms with Crippen molar-refractivity contribution in [2.24, 2.45) is 0 Å². The fourth-order valence-corrected chi connectivity index (χ4v) is 4.92. The highest BCUT2D eigenvalue weighted by molar-refractivity contribution is 8.14. The van der Waals surface area contributed by atoms with Gasteiger partial charge in [0, 0.05) is 17.1 Å². The predicted octanol–water partition coefficient (Wildman–Crippen LogP) is 0.833. The van der Waals surface area contributed by atoms with Gasteiger partial charge in [0.15, 0.2) is 0 Å². The second-order valence-corrected chi connectivity index (χ2v) is 9.22. The molecular weight excluding hydrogens is 308 g/mol. The van der Waals surface area contributed by atoms with Crippen LogP contribution in [0.3, 0.4) is 0 Å². The molecule has 0 unspecified atom stereocenters. The minimum Gasteiger partial charge on any atom is -0.221 e. The zero-order valence-corrected chi connectivity index (χ0v) is 12.2. The number of rotatable bonds is 6. The van der Waals surface area contributed by atoms with Crippen molar-refractivity contribution in [1.29, 1.82) is 0 Å². The molecule has 0 fully saturated rings. The van der Waals surface area contributed by atoms with Gasteiger partial charge in [0.2, 0.25) is 23.2 Å². The van der Waals surface area contributed by atoms with Gasteiger partial charge in [-0.05, 0) is 18.0 Å². The van der Waals surface area contributed by atoms with Gasteiger partial charge in [0.1, 0.15) is 5.82 Å². The summed E-state index contributed by atoms with van der Waals surface area (Å²) in [5, 5.41) is 0. The summed E-state index contributed by atoms with van der Waals surface area (Å²) >= 11 is 0.760. The maximum atomic E-state index is 11.7. The molecule has 10 heteroatoms. The second-order valence-electron chi connectivity index (χ2n) is 3.29. The molecule has 17 heavy (non-hydrogen) atoms. The molecule has 1 aromatic heterocycles. The Morgan fingerprint density at radius 1 is 1.24 bits per heavy atom. The van der Waals surface area contributed by atoms with E-state index < -0.39 is 30.4 Å². The Morgan fingerprint density at radius 2 is 1.88 bits per heavy atom. The van der Waals surface area contributed by atoms with E-state index in [0.29, 0.717) is 12.2 Å². The van der Waals surface area contributed by atoms with Crippen LogP contribution in [0.25, 0.3) is 0 Å². The van der Waals surface area contributed by atoms with Gasteiger partial charge in [-0.15, -0.1) is 0 Å². The summed E-state index contributed by atoms with van der Waals surface area (Å²) in [5.41, 5.74) is 0. The summed E-state index contributed by atoms with van der Waals surface area (Å²) < 4.78 is 48.5. The van der Waals surface area contributed by atoms with E-state index in [1.165, 1.54) is 0 Å². The van der Waals surface area contributed by atoms with Gasteiger partial charge in [-0.25, -0.2) is 21.8 Å². The average molecular weight is 319 g/mol. The van der Waals surface area contributed by atoms with Gasteiger partial charge in [0.25, 0.3) is 0 Å². The molecule has 1 rings (SSSR count). The summed E-state index contributed by atoms with van der Waals surface area (Å²) in [7, 11) is -2.57. The molecule has 0 aliphatic carbocycles. The largest absolute Gasteiger partial charge is 0.233 e. The van der Waals surface area contributed by atoms with Crippen LogP contribution < -0.4 is 0 Å². The molecule has 0 saturated heterocycles. The third-order valence-electron chi connectivity index (χ3n) is 1.78. The molecule has 0 N–H and O–H groups in total. The Morgan fingerprint density at radius 3 is 2.41 bits per heavy atom. The number of halogens is 1. The van der Waals surface area contributed by atoms with Crippen molar-refractivity contribution in [2.45, 2.75) is 24.1 Å². The standard InChI is InChI=1S/C7H11ClN2O4S3/c1-2-3-6-9-7(15-10-6)16(11,12)4-5-17(8,13)14/h2-5H2,1H3. The van der Waals surface area contributed by atoms with Gasteiger partial charge >= 0.3 is 0 Å². The fourth-order valence-electron chi connectivity index (χ4n) is 0.986. The van der Waals surface area contributed by atoms with Crippen LogP contribution in [-0.4, -0.2) is 37.7 Å². The van der Waals surface area contributed by atoms with Crippen LogP contribution >= 0.6 is 22.2 Å². The van der Waals surface area contributed by atoms with Crippen LogP contribution in [0.2, 0.25) is 0 Å². The highest BCUT2D eigenvalue weighted by Gasteiger charge is 2.22. The van der Waals surface area contributed by atoms with Gasteiger partial charge < -0.3 is 0 Å². The van der Waals surface area contributed by atoms with Crippen molar-refractivity contribution in [2.75, 3.05) is 11.5 Å². The molecule has 98 valence electrons. The molecule has 0 aliphatic heterocycles. The lowest BCUT2D eigenvalue weighted by molar-refractivity contribution is 0.591. The smallest absolute Gasteiger partial charge is 0.221 e. The van der Waals surface area contributed by atoms with E-state index in [1.807, 2.05) is 6.92 Å². The molecule has 0 spiro atoms. The first-order chi connectivity index (χ1) is 7.74. The first kappa shape index (κ1) is 14.8. The van der Waals surface area contributed by atoms with Gasteiger partial charge in [-0.1, -0.05) is 6.92 Å². The average Bonchev–Trinajstić information content (AvgIpc) is 2.64. The van der Waals surface area contributed by atoms with E-state index in [1.54, 1.807) is 0 Å². The molecular formula is C7H11ClN2O4S3. The van der Waals surface area contributed by atoms with Gasteiger partial charge in [0.05, 0.1) is 11.5 Å². The van der Waals surface area contributed by atoms with E-state index >= 15 is 0 Å². The Labute approximate surface area is 109 Å². The first-order valence-corrected chi connectivity index (χ1v) is 9.62. The highest BCUT2D eigenvalue weighted by Crippen LogP contribution is 2.15. The lowest BCUT2D eigenvalue weighted by atomic mass is 10.3. The first-order valence-electron chi connectivity index (χ1n) is 4.72. The number of nitrogens with zero attached hydrogens (tertiary/aromatic N) is 2. The van der Waals surface area contributed by atoms with Crippen molar-refractivity contribution >= 4 is 41.1 Å². The summed E-state index contributed by atoms with van der Waals surface area (Å²) in [6.45, 7) is 1.93. The maximum absolute atomic E-state index is 11.7. The van der Waals surface area contributed by atoms with Gasteiger partial charge in [-0.2, -0.15) is 4.37 Å². The normalized spacial score (nSPS) is 12.8. The molecule has 0 saturated carbocycles. The molecule has 1 heterocycles. The van der Waals surface area contributed by atoms with E-state index in [9.17, 15) is 16.8 Å². The number of aryl methyl sites for hydroxylation is 1. The van der Waals surface area contributed by atoms with Crippen molar-refractivity contribution in [3.05, 3.63) is 5.82 Å². The molecule has 0 amide bonds. The van der Waals surface area contributed by atoms with Crippen LogP contribution in [0.1, 0.15) is 19.2 Å². The number of hydrogen-bond acceptors (Lipinski definition) is 7. The molecule has 0 aliphatic rings. The zero-order valence-electron chi connectivity index (χ0n) is 8.96. The summed E-state index contributed by atoms with van der Waals surface area (Å²) in [4.78, 5) is 3.85. The van der Waals surface area contributed by atoms with E-state index in [-0.39, 0.29) is 4.34 Å². The van der Waals surface area contributed by atoms with E-state index in [2.05, 4.69) is 9.36 Å². The second kappa shape index (κ2) is 5.59. The molecule has 1 aromatic rings. The van der Waals surface area contributed by atoms with Crippen molar-refractivity contribution in [1.82, 2.24) is 9.36 Å². The minimum atomic E-state index is -3.82. The van der Waals surface area contributed by atoms with Crippen LogP contribution in [0, 0.1) is 0 Å². The zero-order chi connectivity index (χ0) is 13.1. The third kappa shape index (κ3) is 4.86. The van der Waals surface area contributed by atoms with Crippen molar-refractivity contribution < 1.29 is 16.8 Å². The summed E-state index contributed by atoms with van der Waals surface area (Å²) in [6.07, 6.45) is 1.41. The lowest BCUT2D eigenvalue weighted by Crippen LogP contribution is -2.14. The maximum Gasteiger partial charge on any atom is 0.233 e. The Balaban J connectivity index is 2.82. The summed E-state index contributed by atoms with van der Waals surface area (Å²) in [5.74, 6) is -0.732. The van der Waals surface area contributed by atoms with Crippen LogP contribution in [-0.2, 0) is 25.3 Å². The topological polar surface area (TPSA) is 94.1 Å². The Hall–Kier alpha value is -0.250. The molecule has 0 aromatic carbocycles. The highest BCUT2D eigenvalue weighted by atomic mass is 35.7.